The average Bonchev–Trinajstić information content (AvgIpc) is 2.46. The van der Waals surface area contributed by atoms with Crippen LogP contribution in [0.1, 0.15) is 5.69 Å². The number of aromatic nitrogens is 1. The molecule has 4 heteroatoms. The van der Waals surface area contributed by atoms with E-state index in [1.807, 2.05) is 43.3 Å². The molecule has 0 fully saturated rings. The Kier molecular flexibility index (Phi) is 2.91. The lowest BCUT2D eigenvalue weighted by molar-refractivity contribution is -0.384. The molecule has 0 saturated heterocycles. The number of non-ortho nitro benzene ring substituents is 1. The highest BCUT2D eigenvalue weighted by Gasteiger charge is 2.10. The lowest BCUT2D eigenvalue weighted by atomic mass is 10.0. The summed E-state index contributed by atoms with van der Waals surface area (Å²) in [4.78, 5) is 15.0. The third-order valence-corrected chi connectivity index (χ3v) is 3.28. The van der Waals surface area contributed by atoms with E-state index in [0.717, 1.165) is 27.7 Å². The van der Waals surface area contributed by atoms with Crippen LogP contribution in [0.25, 0.3) is 22.0 Å². The Hall–Kier alpha value is -2.75. The maximum atomic E-state index is 10.9. The molecule has 0 bridgehead atoms. The fourth-order valence-electron chi connectivity index (χ4n) is 2.29. The van der Waals surface area contributed by atoms with Gasteiger partial charge in [0.15, 0.2) is 0 Å². The molecule has 0 aliphatic heterocycles. The Balaban J connectivity index is 2.21. The standard InChI is InChI=1S/C16H12N2O2/c1-11-15(10-13-5-2-3-8-16(13)17-11)12-6-4-7-14(9-12)18(19)20/h2-10H,1H3. The summed E-state index contributed by atoms with van der Waals surface area (Å²) in [6, 6.07) is 16.5. The number of aryl methyl sites for hydroxylation is 1. The molecule has 4 nitrogen and oxygen atoms in total. The van der Waals surface area contributed by atoms with Gasteiger partial charge in [0.1, 0.15) is 0 Å². The van der Waals surface area contributed by atoms with Gasteiger partial charge in [0.05, 0.1) is 10.4 Å². The second kappa shape index (κ2) is 4.74. The van der Waals surface area contributed by atoms with Crippen molar-refractivity contribution in [1.29, 1.82) is 0 Å². The van der Waals surface area contributed by atoms with Crippen LogP contribution in [0.2, 0.25) is 0 Å². The highest BCUT2D eigenvalue weighted by Crippen LogP contribution is 2.28. The van der Waals surface area contributed by atoms with Crippen LogP contribution < -0.4 is 0 Å². The minimum atomic E-state index is -0.382. The third-order valence-electron chi connectivity index (χ3n) is 3.28. The molecule has 98 valence electrons. The van der Waals surface area contributed by atoms with Crippen LogP contribution in [0, 0.1) is 17.0 Å². The normalized spacial score (nSPS) is 10.7. The molecule has 0 atom stereocenters. The summed E-state index contributed by atoms with van der Waals surface area (Å²) in [5.41, 5.74) is 3.63. The van der Waals surface area contributed by atoms with Crippen molar-refractivity contribution in [2.24, 2.45) is 0 Å². The number of pyridine rings is 1. The minimum Gasteiger partial charge on any atom is -0.258 e. The summed E-state index contributed by atoms with van der Waals surface area (Å²) >= 11 is 0. The predicted octanol–water partition coefficient (Wildman–Crippen LogP) is 4.12. The molecular formula is C16H12N2O2. The van der Waals surface area contributed by atoms with Gasteiger partial charge in [0, 0.05) is 28.8 Å². The van der Waals surface area contributed by atoms with Crippen LogP contribution in [-0.4, -0.2) is 9.91 Å². The molecule has 2 aromatic carbocycles. The third kappa shape index (κ3) is 2.12. The second-order valence-corrected chi connectivity index (χ2v) is 4.62. The Bertz CT molecular complexity index is 812. The van der Waals surface area contributed by atoms with Gasteiger partial charge < -0.3 is 0 Å². The summed E-state index contributed by atoms with van der Waals surface area (Å²) in [5, 5.41) is 11.9. The fourth-order valence-corrected chi connectivity index (χ4v) is 2.29. The van der Waals surface area contributed by atoms with Crippen LogP contribution in [0.3, 0.4) is 0 Å². The molecule has 0 unspecified atom stereocenters. The fraction of sp³-hybridized carbons (Fsp3) is 0.0625. The maximum Gasteiger partial charge on any atom is 0.270 e. The van der Waals surface area contributed by atoms with Crippen molar-refractivity contribution in [3.63, 3.8) is 0 Å². The molecule has 0 saturated carbocycles. The molecule has 0 amide bonds. The number of benzene rings is 2. The highest BCUT2D eigenvalue weighted by atomic mass is 16.6. The summed E-state index contributed by atoms with van der Waals surface area (Å²) in [6.45, 7) is 1.92. The second-order valence-electron chi connectivity index (χ2n) is 4.62. The zero-order valence-electron chi connectivity index (χ0n) is 10.9. The van der Waals surface area contributed by atoms with Crippen molar-refractivity contribution < 1.29 is 4.92 Å². The maximum absolute atomic E-state index is 10.9. The lowest BCUT2D eigenvalue weighted by Gasteiger charge is -2.07. The number of para-hydroxylation sites is 1. The largest absolute Gasteiger partial charge is 0.270 e. The zero-order chi connectivity index (χ0) is 14.1. The van der Waals surface area contributed by atoms with Crippen molar-refractivity contribution in [3.8, 4) is 11.1 Å². The Morgan fingerprint density at radius 1 is 1.05 bits per heavy atom. The number of nitrogens with zero attached hydrogens (tertiary/aromatic N) is 2. The van der Waals surface area contributed by atoms with E-state index in [2.05, 4.69) is 4.98 Å². The van der Waals surface area contributed by atoms with Crippen molar-refractivity contribution in [3.05, 3.63) is 70.4 Å². The van der Waals surface area contributed by atoms with Crippen LogP contribution in [0.15, 0.2) is 54.6 Å². The van der Waals surface area contributed by atoms with Crippen LogP contribution in [0.4, 0.5) is 5.69 Å². The van der Waals surface area contributed by atoms with Crippen molar-refractivity contribution in [2.75, 3.05) is 0 Å². The van der Waals surface area contributed by atoms with Gasteiger partial charge >= 0.3 is 0 Å². The first-order chi connectivity index (χ1) is 9.65. The lowest BCUT2D eigenvalue weighted by Crippen LogP contribution is -1.92. The first-order valence-corrected chi connectivity index (χ1v) is 6.26. The van der Waals surface area contributed by atoms with Gasteiger partial charge in [-0.2, -0.15) is 0 Å². The molecule has 0 aliphatic rings. The molecule has 1 aromatic heterocycles. The number of hydrogen-bond acceptors (Lipinski definition) is 3. The van der Waals surface area contributed by atoms with Crippen molar-refractivity contribution in [1.82, 2.24) is 4.98 Å². The molecule has 0 aliphatic carbocycles. The number of hydrogen-bond donors (Lipinski definition) is 0. The Morgan fingerprint density at radius 3 is 2.65 bits per heavy atom. The number of fused-ring (bicyclic) bond motifs is 1. The van der Waals surface area contributed by atoms with Gasteiger partial charge in [-0.1, -0.05) is 30.3 Å². The number of rotatable bonds is 2. The van der Waals surface area contributed by atoms with E-state index < -0.39 is 0 Å². The molecule has 0 N–H and O–H groups in total. The first-order valence-electron chi connectivity index (χ1n) is 6.26. The van der Waals surface area contributed by atoms with Gasteiger partial charge in [-0.25, -0.2) is 0 Å². The molecular weight excluding hydrogens is 252 g/mol. The van der Waals surface area contributed by atoms with Gasteiger partial charge in [0.25, 0.3) is 5.69 Å². The Labute approximate surface area is 115 Å². The quantitative estimate of drug-likeness (QED) is 0.516. The Morgan fingerprint density at radius 2 is 1.85 bits per heavy atom. The van der Waals surface area contributed by atoms with E-state index in [4.69, 9.17) is 0 Å². The van der Waals surface area contributed by atoms with Gasteiger partial charge in [-0.05, 0) is 24.6 Å². The number of nitro benzene ring substituents is 1. The van der Waals surface area contributed by atoms with Crippen LogP contribution in [0.5, 0.6) is 0 Å². The van der Waals surface area contributed by atoms with E-state index in [0.29, 0.717) is 0 Å². The molecule has 3 rings (SSSR count). The zero-order valence-corrected chi connectivity index (χ0v) is 10.9. The summed E-state index contributed by atoms with van der Waals surface area (Å²) in [6.07, 6.45) is 0. The molecule has 1 heterocycles. The SMILES string of the molecule is Cc1nc2ccccc2cc1-c1cccc([N+](=O)[O-])c1. The highest BCUT2D eigenvalue weighted by molar-refractivity contribution is 5.85. The van der Waals surface area contributed by atoms with Gasteiger partial charge in [-0.15, -0.1) is 0 Å². The monoisotopic (exact) mass is 264 g/mol. The van der Waals surface area contributed by atoms with Crippen LogP contribution in [-0.2, 0) is 0 Å². The smallest absolute Gasteiger partial charge is 0.258 e. The van der Waals surface area contributed by atoms with Gasteiger partial charge in [0.2, 0.25) is 0 Å². The molecule has 0 spiro atoms. The van der Waals surface area contributed by atoms with E-state index in [1.165, 1.54) is 6.07 Å². The minimum absolute atomic E-state index is 0.0926. The first kappa shape index (κ1) is 12.3. The molecule has 3 aromatic rings. The van der Waals surface area contributed by atoms with E-state index in [1.54, 1.807) is 12.1 Å². The number of nitro groups is 1. The predicted molar refractivity (Wildman–Crippen MR) is 78.6 cm³/mol. The summed E-state index contributed by atoms with van der Waals surface area (Å²) in [7, 11) is 0. The molecule has 0 radical (unpaired) electrons. The van der Waals surface area contributed by atoms with Crippen LogP contribution >= 0.6 is 0 Å². The average molecular weight is 264 g/mol. The summed E-state index contributed by atoms with van der Waals surface area (Å²) < 4.78 is 0. The van der Waals surface area contributed by atoms with E-state index in [9.17, 15) is 10.1 Å². The van der Waals surface area contributed by atoms with E-state index in [-0.39, 0.29) is 10.6 Å². The van der Waals surface area contributed by atoms with Crippen molar-refractivity contribution >= 4 is 16.6 Å². The summed E-state index contributed by atoms with van der Waals surface area (Å²) in [5.74, 6) is 0. The topological polar surface area (TPSA) is 56.0 Å². The van der Waals surface area contributed by atoms with Gasteiger partial charge in [-0.3, -0.25) is 15.1 Å². The molecule has 20 heavy (non-hydrogen) atoms. The van der Waals surface area contributed by atoms with Crippen molar-refractivity contribution in [2.45, 2.75) is 6.92 Å². The van der Waals surface area contributed by atoms with E-state index >= 15 is 0 Å².